The van der Waals surface area contributed by atoms with Crippen molar-refractivity contribution in [3.63, 3.8) is 0 Å². The number of carbonyl (C=O) groups is 1. The van der Waals surface area contributed by atoms with Gasteiger partial charge in [-0.15, -0.1) is 0 Å². The molecule has 2 fully saturated rings. The molecule has 4 heterocycles. The number of aromatic amines is 1. The van der Waals surface area contributed by atoms with E-state index in [-0.39, 0.29) is 28.5 Å². The summed E-state index contributed by atoms with van der Waals surface area (Å²) in [4.78, 5) is 30.6. The van der Waals surface area contributed by atoms with Crippen molar-refractivity contribution < 1.29 is 9.18 Å². The summed E-state index contributed by atoms with van der Waals surface area (Å²) < 4.78 is 16.9. The van der Waals surface area contributed by atoms with Crippen molar-refractivity contribution in [2.24, 2.45) is 0 Å². The molecule has 0 bridgehead atoms. The molecule has 2 aromatic heterocycles. The monoisotopic (exact) mass is 590 g/mol. The molecule has 0 unspecified atom stereocenters. The summed E-state index contributed by atoms with van der Waals surface area (Å²) in [5.74, 6) is 0.525. The van der Waals surface area contributed by atoms with Crippen LogP contribution in [0.2, 0.25) is 5.02 Å². The van der Waals surface area contributed by atoms with Gasteiger partial charge in [0.15, 0.2) is 5.82 Å². The lowest BCUT2D eigenvalue weighted by atomic mass is 9.94. The van der Waals surface area contributed by atoms with E-state index in [1.54, 1.807) is 6.07 Å². The van der Waals surface area contributed by atoms with E-state index in [1.807, 2.05) is 44.7 Å². The summed E-state index contributed by atoms with van der Waals surface area (Å²) in [5.41, 5.74) is 3.73. The lowest BCUT2D eigenvalue weighted by Gasteiger charge is -2.45. The van der Waals surface area contributed by atoms with Gasteiger partial charge in [-0.25, -0.2) is 9.37 Å². The molecule has 4 aromatic rings. The molecule has 1 N–H and O–H groups in total. The maximum atomic E-state index is 16.9. The van der Waals surface area contributed by atoms with Crippen LogP contribution in [0.25, 0.3) is 32.9 Å². The number of benzene rings is 2. The molecular weight excluding hydrogens is 555 g/mol. The minimum atomic E-state index is -0.482. The number of likely N-dealkylation sites (N-methyl/N-ethyl adjacent to an activating group) is 1. The van der Waals surface area contributed by atoms with Gasteiger partial charge in [0.2, 0.25) is 11.9 Å². The van der Waals surface area contributed by atoms with Crippen LogP contribution in [0.3, 0.4) is 0 Å². The lowest BCUT2D eigenvalue weighted by Crippen LogP contribution is -2.59. The molecule has 2 atom stereocenters. The maximum Gasteiger partial charge on any atom is 0.246 e. The SMILES string of the molecule is C=CC(=O)N1[C@H](C)CN(c2nc(N3CC(N(C)C)C3)nc3c(F)c(-c4c(C)ccc5n[nH]c(C)c45)c(Cl)cc23)C[C@@H]1C. The van der Waals surface area contributed by atoms with Gasteiger partial charge in [-0.2, -0.15) is 10.1 Å². The Kier molecular flexibility index (Phi) is 7.09. The normalized spacial score (nSPS) is 19.7. The fourth-order valence-corrected chi connectivity index (χ4v) is 6.74. The first-order valence-corrected chi connectivity index (χ1v) is 14.6. The minimum Gasteiger partial charge on any atom is -0.352 e. The van der Waals surface area contributed by atoms with Crippen LogP contribution in [0.1, 0.15) is 25.1 Å². The number of anilines is 2. The Balaban J connectivity index is 1.54. The lowest BCUT2D eigenvalue weighted by molar-refractivity contribution is -0.130. The van der Waals surface area contributed by atoms with E-state index in [4.69, 9.17) is 21.6 Å². The first-order chi connectivity index (χ1) is 20.0. The van der Waals surface area contributed by atoms with Crippen molar-refractivity contribution in [1.82, 2.24) is 30.0 Å². The largest absolute Gasteiger partial charge is 0.352 e. The molecule has 0 radical (unpaired) electrons. The number of piperazine rings is 1. The summed E-state index contributed by atoms with van der Waals surface area (Å²) in [6.45, 7) is 14.1. The Labute approximate surface area is 249 Å². The number of fused-ring (bicyclic) bond motifs is 2. The molecule has 2 aromatic carbocycles. The predicted octanol–water partition coefficient (Wildman–Crippen LogP) is 4.94. The van der Waals surface area contributed by atoms with E-state index in [1.165, 1.54) is 6.08 Å². The summed E-state index contributed by atoms with van der Waals surface area (Å²) in [5, 5.41) is 9.09. The summed E-state index contributed by atoms with van der Waals surface area (Å²) >= 11 is 6.96. The number of H-pyrrole nitrogens is 1. The average Bonchev–Trinajstić information content (AvgIpc) is 3.28. The number of hydrogen-bond donors (Lipinski definition) is 1. The number of carbonyl (C=O) groups excluding carboxylic acids is 1. The van der Waals surface area contributed by atoms with Crippen molar-refractivity contribution in [1.29, 1.82) is 0 Å². The van der Waals surface area contributed by atoms with Crippen molar-refractivity contribution in [3.8, 4) is 11.1 Å². The number of rotatable bonds is 5. The van der Waals surface area contributed by atoms with Crippen LogP contribution < -0.4 is 9.80 Å². The van der Waals surface area contributed by atoms with Gasteiger partial charge in [-0.05, 0) is 65.6 Å². The van der Waals surface area contributed by atoms with E-state index in [2.05, 4.69) is 45.6 Å². The van der Waals surface area contributed by atoms with Crippen LogP contribution in [0.15, 0.2) is 30.9 Å². The molecule has 0 saturated carbocycles. The molecule has 0 aliphatic carbocycles. The van der Waals surface area contributed by atoms with Crippen molar-refractivity contribution in [2.45, 2.75) is 45.8 Å². The van der Waals surface area contributed by atoms with Gasteiger partial charge in [-0.3, -0.25) is 9.89 Å². The molecule has 42 heavy (non-hydrogen) atoms. The highest BCUT2D eigenvalue weighted by molar-refractivity contribution is 6.35. The Bertz CT molecular complexity index is 1720. The number of hydrogen-bond acceptors (Lipinski definition) is 7. The molecular formula is C31H36ClFN8O. The fraction of sp³-hybridized carbons (Fsp3) is 0.419. The highest BCUT2D eigenvalue weighted by atomic mass is 35.5. The van der Waals surface area contributed by atoms with Crippen LogP contribution in [-0.4, -0.2) is 94.3 Å². The van der Waals surface area contributed by atoms with Crippen molar-refractivity contribution >= 4 is 51.1 Å². The molecule has 2 saturated heterocycles. The third-order valence-corrected chi connectivity index (χ3v) is 9.03. The quantitative estimate of drug-likeness (QED) is 0.329. The van der Waals surface area contributed by atoms with Crippen LogP contribution in [0.4, 0.5) is 16.2 Å². The topological polar surface area (TPSA) is 84.5 Å². The van der Waals surface area contributed by atoms with Crippen LogP contribution in [-0.2, 0) is 4.79 Å². The van der Waals surface area contributed by atoms with Gasteiger partial charge in [0.1, 0.15) is 11.3 Å². The molecule has 6 rings (SSSR count). The van der Waals surface area contributed by atoms with Gasteiger partial charge in [-0.1, -0.05) is 24.2 Å². The predicted molar refractivity (Wildman–Crippen MR) is 167 cm³/mol. The van der Waals surface area contributed by atoms with Crippen LogP contribution >= 0.6 is 11.6 Å². The Hall–Kier alpha value is -3.76. The van der Waals surface area contributed by atoms with E-state index in [0.717, 1.165) is 35.2 Å². The number of aryl methyl sites for hydroxylation is 2. The van der Waals surface area contributed by atoms with Crippen molar-refractivity contribution in [2.75, 3.05) is 50.1 Å². The van der Waals surface area contributed by atoms with Gasteiger partial charge < -0.3 is 19.6 Å². The van der Waals surface area contributed by atoms with Crippen molar-refractivity contribution in [3.05, 3.63) is 53.0 Å². The zero-order valence-corrected chi connectivity index (χ0v) is 25.6. The second-order valence-corrected chi connectivity index (χ2v) is 12.3. The van der Waals surface area contributed by atoms with Gasteiger partial charge in [0, 0.05) is 71.9 Å². The van der Waals surface area contributed by atoms with E-state index in [0.29, 0.717) is 47.4 Å². The molecule has 1 amide bonds. The van der Waals surface area contributed by atoms with Gasteiger partial charge in [0.05, 0.1) is 10.5 Å². The first-order valence-electron chi connectivity index (χ1n) is 14.3. The fourth-order valence-electron chi connectivity index (χ4n) is 6.45. The Morgan fingerprint density at radius 3 is 2.43 bits per heavy atom. The molecule has 2 aliphatic rings. The summed E-state index contributed by atoms with van der Waals surface area (Å²) in [6, 6.07) is 5.82. The smallest absolute Gasteiger partial charge is 0.246 e. The first kappa shape index (κ1) is 28.4. The number of aromatic nitrogens is 4. The third-order valence-electron chi connectivity index (χ3n) is 8.73. The third kappa shape index (κ3) is 4.48. The molecule has 0 spiro atoms. The Morgan fingerprint density at radius 1 is 1.10 bits per heavy atom. The Morgan fingerprint density at radius 2 is 1.79 bits per heavy atom. The highest BCUT2D eigenvalue weighted by Gasteiger charge is 2.36. The molecule has 9 nitrogen and oxygen atoms in total. The highest BCUT2D eigenvalue weighted by Crippen LogP contribution is 2.43. The number of nitrogens with zero attached hydrogens (tertiary/aromatic N) is 7. The van der Waals surface area contributed by atoms with Gasteiger partial charge >= 0.3 is 0 Å². The maximum absolute atomic E-state index is 16.9. The minimum absolute atomic E-state index is 0.0984. The van der Waals surface area contributed by atoms with E-state index < -0.39 is 5.82 Å². The van der Waals surface area contributed by atoms with Crippen LogP contribution in [0.5, 0.6) is 0 Å². The second kappa shape index (κ2) is 10.5. The zero-order chi connectivity index (χ0) is 30.0. The van der Waals surface area contributed by atoms with Crippen LogP contribution in [0, 0.1) is 19.7 Å². The van der Waals surface area contributed by atoms with E-state index in [9.17, 15) is 4.79 Å². The van der Waals surface area contributed by atoms with Gasteiger partial charge in [0.25, 0.3) is 0 Å². The number of halogens is 2. The summed E-state index contributed by atoms with van der Waals surface area (Å²) in [6.07, 6.45) is 1.35. The summed E-state index contributed by atoms with van der Waals surface area (Å²) in [7, 11) is 4.10. The number of nitrogens with one attached hydrogen (secondary N) is 1. The second-order valence-electron chi connectivity index (χ2n) is 11.9. The standard InChI is InChI=1S/C31H36ClFN8O/c1-8-24(42)41-17(3)12-39(13-18(41)4)30-21-11-22(32)27(25-16(2)9-10-23-26(25)19(5)36-37-23)28(33)29(21)34-31(35-30)40-14-20(15-40)38(6)7/h8-11,17-18,20H,1,12-15H2,2-7H3,(H,36,37)/t17-,18+. The number of amides is 1. The van der Waals surface area contributed by atoms with E-state index >= 15 is 4.39 Å². The molecule has 11 heteroatoms. The molecule has 2 aliphatic heterocycles. The average molecular weight is 591 g/mol. The molecule has 220 valence electrons. The zero-order valence-electron chi connectivity index (χ0n) is 24.9.